The Morgan fingerprint density at radius 3 is 2.50 bits per heavy atom. The van der Waals surface area contributed by atoms with Gasteiger partial charge in [0, 0.05) is 24.7 Å². The van der Waals surface area contributed by atoms with Crippen LogP contribution in [0.15, 0.2) is 71.8 Å². The van der Waals surface area contributed by atoms with E-state index in [2.05, 4.69) is 14.8 Å². The molecule has 0 unspecified atom stereocenters. The molecule has 1 atom stereocenters. The molecule has 4 aromatic rings. The van der Waals surface area contributed by atoms with E-state index in [1.165, 1.54) is 35.1 Å². The molecule has 5 rings (SSSR count). The topological polar surface area (TPSA) is 76.9 Å². The fourth-order valence-electron chi connectivity index (χ4n) is 4.64. The number of aromatic nitrogens is 3. The quantitative estimate of drug-likeness (QED) is 0.280. The van der Waals surface area contributed by atoms with Gasteiger partial charge < -0.3 is 0 Å². The first kappa shape index (κ1) is 24.0. The Balaban J connectivity index is 1.52. The molecule has 2 heterocycles. The van der Waals surface area contributed by atoms with Gasteiger partial charge in [0.05, 0.1) is 16.2 Å². The highest BCUT2D eigenvalue weighted by Crippen LogP contribution is 2.44. The first-order valence-corrected chi connectivity index (χ1v) is 12.5. The molecule has 0 aliphatic heterocycles. The standard InChI is InChI=1S/C25H20F4N4O2S/c1-33-22(11-12-30-33)21-14-16(25(27,28)29)6-9-20(21)19-8-5-15-13-17(7-10-18(15)19)36(34,35)32-24-4-2-3-23(26)31-24/h2-4,6-7,9-14,19H,5,8H2,1H3,(H,31,32)/t19-/m1/s1. The number of anilines is 1. The van der Waals surface area contributed by atoms with Gasteiger partial charge in [0.15, 0.2) is 0 Å². The fraction of sp³-hybridized carbons (Fsp3) is 0.200. The highest BCUT2D eigenvalue weighted by atomic mass is 32.2. The number of halogens is 4. The molecule has 1 aliphatic rings. The van der Waals surface area contributed by atoms with Crippen LogP contribution in [-0.2, 0) is 29.7 Å². The van der Waals surface area contributed by atoms with Crippen molar-refractivity contribution in [3.63, 3.8) is 0 Å². The average Bonchev–Trinajstić information content (AvgIpc) is 3.43. The number of nitrogens with one attached hydrogen (secondary N) is 1. The van der Waals surface area contributed by atoms with Gasteiger partial charge in [-0.05, 0) is 72.0 Å². The molecule has 6 nitrogen and oxygen atoms in total. The number of nitrogens with zero attached hydrogens (tertiary/aromatic N) is 3. The van der Waals surface area contributed by atoms with Crippen molar-refractivity contribution in [3.8, 4) is 11.3 Å². The summed E-state index contributed by atoms with van der Waals surface area (Å²) in [7, 11) is -2.35. The Morgan fingerprint density at radius 1 is 1.03 bits per heavy atom. The average molecular weight is 517 g/mol. The number of alkyl halides is 3. The molecular weight excluding hydrogens is 496 g/mol. The lowest BCUT2D eigenvalue weighted by Crippen LogP contribution is -2.14. The highest BCUT2D eigenvalue weighted by molar-refractivity contribution is 7.92. The number of hydrogen-bond acceptors (Lipinski definition) is 4. The predicted octanol–water partition coefficient (Wildman–Crippen LogP) is 5.52. The van der Waals surface area contributed by atoms with Crippen LogP contribution >= 0.6 is 0 Å². The van der Waals surface area contributed by atoms with Crippen LogP contribution in [0.2, 0.25) is 0 Å². The van der Waals surface area contributed by atoms with Crippen molar-refractivity contribution in [3.05, 3.63) is 95.1 Å². The van der Waals surface area contributed by atoms with Crippen LogP contribution in [0.4, 0.5) is 23.4 Å². The minimum absolute atomic E-state index is 0.00719. The predicted molar refractivity (Wildman–Crippen MR) is 125 cm³/mol. The van der Waals surface area contributed by atoms with Gasteiger partial charge in [0.2, 0.25) is 5.95 Å². The molecular formula is C25H20F4N4O2S. The minimum Gasteiger partial charge on any atom is -0.268 e. The molecule has 2 aromatic heterocycles. The Kier molecular flexibility index (Phi) is 5.82. The summed E-state index contributed by atoms with van der Waals surface area (Å²) in [6.07, 6.45) is -1.81. The molecule has 0 saturated carbocycles. The second kappa shape index (κ2) is 8.74. The summed E-state index contributed by atoms with van der Waals surface area (Å²) in [6.45, 7) is 0. The highest BCUT2D eigenvalue weighted by Gasteiger charge is 2.34. The number of hydrogen-bond donors (Lipinski definition) is 1. The molecule has 0 amide bonds. The molecule has 0 bridgehead atoms. The van der Waals surface area contributed by atoms with Gasteiger partial charge in [-0.1, -0.05) is 18.2 Å². The smallest absolute Gasteiger partial charge is 0.268 e. The number of pyridine rings is 1. The normalized spacial score (nSPS) is 15.6. The molecule has 186 valence electrons. The molecule has 36 heavy (non-hydrogen) atoms. The molecule has 1 aliphatic carbocycles. The van der Waals surface area contributed by atoms with Gasteiger partial charge in [-0.25, -0.2) is 13.4 Å². The third-order valence-corrected chi connectivity index (χ3v) is 7.66. The zero-order chi connectivity index (χ0) is 25.7. The van der Waals surface area contributed by atoms with Crippen molar-refractivity contribution in [1.29, 1.82) is 0 Å². The van der Waals surface area contributed by atoms with E-state index in [1.54, 1.807) is 25.2 Å². The molecule has 2 aromatic carbocycles. The molecule has 11 heteroatoms. The van der Waals surface area contributed by atoms with Crippen LogP contribution in [0, 0.1) is 5.95 Å². The molecule has 0 saturated heterocycles. The van der Waals surface area contributed by atoms with Crippen LogP contribution in [0.1, 0.15) is 34.6 Å². The maximum atomic E-state index is 13.5. The van der Waals surface area contributed by atoms with Gasteiger partial charge in [0.25, 0.3) is 10.0 Å². The number of sulfonamides is 1. The summed E-state index contributed by atoms with van der Waals surface area (Å²) >= 11 is 0. The monoisotopic (exact) mass is 516 g/mol. The lowest BCUT2D eigenvalue weighted by Gasteiger charge is -2.19. The summed E-state index contributed by atoms with van der Waals surface area (Å²) in [5.41, 5.74) is 2.57. The van der Waals surface area contributed by atoms with Gasteiger partial charge in [-0.3, -0.25) is 9.40 Å². The van der Waals surface area contributed by atoms with E-state index in [-0.39, 0.29) is 16.6 Å². The van der Waals surface area contributed by atoms with Crippen LogP contribution in [0.3, 0.4) is 0 Å². The van der Waals surface area contributed by atoms with E-state index in [1.807, 2.05) is 0 Å². The van der Waals surface area contributed by atoms with E-state index < -0.39 is 27.7 Å². The van der Waals surface area contributed by atoms with Gasteiger partial charge in [-0.15, -0.1) is 0 Å². The zero-order valence-electron chi connectivity index (χ0n) is 18.9. The largest absolute Gasteiger partial charge is 0.416 e. The molecule has 0 spiro atoms. The van der Waals surface area contributed by atoms with Gasteiger partial charge in [0.1, 0.15) is 5.82 Å². The third kappa shape index (κ3) is 4.46. The molecule has 0 fully saturated rings. The third-order valence-electron chi connectivity index (χ3n) is 6.31. The van der Waals surface area contributed by atoms with Crippen molar-refractivity contribution in [2.24, 2.45) is 7.05 Å². The fourth-order valence-corrected chi connectivity index (χ4v) is 5.69. The summed E-state index contributed by atoms with van der Waals surface area (Å²) in [6, 6.07) is 13.8. The Morgan fingerprint density at radius 2 is 1.81 bits per heavy atom. The van der Waals surface area contributed by atoms with Gasteiger partial charge in [-0.2, -0.15) is 22.7 Å². The van der Waals surface area contributed by atoms with Crippen molar-refractivity contribution in [1.82, 2.24) is 14.8 Å². The minimum atomic E-state index is -4.49. The summed E-state index contributed by atoms with van der Waals surface area (Å²) < 4.78 is 83.3. The van der Waals surface area contributed by atoms with Crippen molar-refractivity contribution < 1.29 is 26.0 Å². The second-order valence-electron chi connectivity index (χ2n) is 8.54. The number of aryl methyl sites for hydroxylation is 2. The first-order valence-electron chi connectivity index (χ1n) is 11.0. The SMILES string of the molecule is Cn1nccc1-c1cc(C(F)(F)F)ccc1[C@@H]1CCc2cc(S(=O)(=O)Nc3cccc(F)n3)ccc21. The van der Waals surface area contributed by atoms with Crippen LogP contribution in [0.25, 0.3) is 11.3 Å². The van der Waals surface area contributed by atoms with E-state index in [4.69, 9.17) is 0 Å². The Hall–Kier alpha value is -3.73. The summed E-state index contributed by atoms with van der Waals surface area (Å²) in [5, 5.41) is 4.11. The summed E-state index contributed by atoms with van der Waals surface area (Å²) in [5.74, 6) is -1.17. The molecule has 1 N–H and O–H groups in total. The first-order chi connectivity index (χ1) is 17.0. The zero-order valence-corrected chi connectivity index (χ0v) is 19.7. The Labute approximate surface area is 204 Å². The van der Waals surface area contributed by atoms with Crippen LogP contribution in [-0.4, -0.2) is 23.2 Å². The summed E-state index contributed by atoms with van der Waals surface area (Å²) in [4.78, 5) is 3.52. The van der Waals surface area contributed by atoms with Gasteiger partial charge >= 0.3 is 6.18 Å². The lowest BCUT2D eigenvalue weighted by molar-refractivity contribution is -0.137. The number of benzene rings is 2. The maximum absolute atomic E-state index is 13.5. The lowest BCUT2D eigenvalue weighted by atomic mass is 9.87. The van der Waals surface area contributed by atoms with Crippen LogP contribution in [0.5, 0.6) is 0 Å². The Bertz CT molecular complexity index is 1560. The second-order valence-corrected chi connectivity index (χ2v) is 10.2. The van der Waals surface area contributed by atoms with E-state index in [0.29, 0.717) is 29.7 Å². The van der Waals surface area contributed by atoms with E-state index >= 15 is 0 Å². The van der Waals surface area contributed by atoms with Crippen molar-refractivity contribution in [2.45, 2.75) is 29.8 Å². The van der Waals surface area contributed by atoms with E-state index in [0.717, 1.165) is 29.3 Å². The maximum Gasteiger partial charge on any atom is 0.416 e. The van der Waals surface area contributed by atoms with E-state index in [9.17, 15) is 26.0 Å². The number of rotatable bonds is 5. The van der Waals surface area contributed by atoms with Crippen LogP contribution < -0.4 is 4.72 Å². The van der Waals surface area contributed by atoms with Crippen molar-refractivity contribution in [2.75, 3.05) is 4.72 Å². The number of fused-ring (bicyclic) bond motifs is 1. The molecule has 0 radical (unpaired) electrons. The van der Waals surface area contributed by atoms with Crippen molar-refractivity contribution >= 4 is 15.8 Å².